The number of urea groups is 1. The molecule has 2 aromatic carbocycles. The van der Waals surface area contributed by atoms with Gasteiger partial charge in [0.25, 0.3) is 5.91 Å². The molecule has 2 aromatic rings. The van der Waals surface area contributed by atoms with Crippen molar-refractivity contribution in [2.24, 2.45) is 0 Å². The van der Waals surface area contributed by atoms with Crippen LogP contribution in [0.4, 0.5) is 20.6 Å². The highest BCUT2D eigenvalue weighted by Gasteiger charge is 2.24. The summed E-state index contributed by atoms with van der Waals surface area (Å²) in [5.74, 6) is -1.49. The molecule has 0 radical (unpaired) electrons. The second-order valence-corrected chi connectivity index (χ2v) is 9.18. The zero-order valence-electron chi connectivity index (χ0n) is 20.8. The molecule has 0 aromatic heterocycles. The summed E-state index contributed by atoms with van der Waals surface area (Å²) in [6.07, 6.45) is 0. The van der Waals surface area contributed by atoms with Crippen LogP contribution in [0.5, 0.6) is 0 Å². The molecule has 0 unspecified atom stereocenters. The molecule has 2 N–H and O–H groups in total. The van der Waals surface area contributed by atoms with Crippen molar-refractivity contribution in [2.75, 3.05) is 42.9 Å². The van der Waals surface area contributed by atoms with E-state index >= 15 is 0 Å². The molecule has 35 heavy (non-hydrogen) atoms. The third-order valence-electron chi connectivity index (χ3n) is 5.80. The van der Waals surface area contributed by atoms with E-state index in [1.807, 2.05) is 43.0 Å². The molecule has 0 bridgehead atoms. The molecule has 1 aliphatic rings. The van der Waals surface area contributed by atoms with Gasteiger partial charge in [0.05, 0.1) is 5.56 Å². The van der Waals surface area contributed by atoms with Crippen molar-refractivity contribution in [3.63, 3.8) is 0 Å². The predicted octanol–water partition coefficient (Wildman–Crippen LogP) is 3.56. The summed E-state index contributed by atoms with van der Waals surface area (Å²) in [5.41, 5.74) is 1.56. The normalized spacial score (nSPS) is 13.7. The number of carbonyl (C=O) groups is 3. The highest BCUT2D eigenvalue weighted by Crippen LogP contribution is 2.20. The molecule has 8 nitrogen and oxygen atoms in total. The van der Waals surface area contributed by atoms with E-state index in [4.69, 9.17) is 0 Å². The third kappa shape index (κ3) is 6.94. The molecule has 0 aliphatic carbocycles. The van der Waals surface area contributed by atoms with Crippen LogP contribution >= 0.6 is 0 Å². The minimum Gasteiger partial charge on any atom is -0.368 e. The van der Waals surface area contributed by atoms with Gasteiger partial charge in [-0.3, -0.25) is 9.59 Å². The van der Waals surface area contributed by atoms with E-state index in [0.717, 1.165) is 18.8 Å². The van der Waals surface area contributed by atoms with Gasteiger partial charge in [-0.15, -0.1) is 0 Å². The molecule has 0 spiro atoms. The topological polar surface area (TPSA) is 85.0 Å². The van der Waals surface area contributed by atoms with Crippen LogP contribution in [0.25, 0.3) is 0 Å². The van der Waals surface area contributed by atoms with Crippen molar-refractivity contribution in [3.8, 4) is 0 Å². The van der Waals surface area contributed by atoms with Gasteiger partial charge in [0, 0.05) is 49.6 Å². The highest BCUT2D eigenvalue weighted by atomic mass is 19.1. The van der Waals surface area contributed by atoms with E-state index in [1.54, 1.807) is 19.9 Å². The lowest BCUT2D eigenvalue weighted by Crippen LogP contribution is -2.52. The molecule has 0 atom stereocenters. The van der Waals surface area contributed by atoms with Crippen molar-refractivity contribution < 1.29 is 18.8 Å². The Hall–Kier alpha value is -3.62. The number of halogens is 1. The summed E-state index contributed by atoms with van der Waals surface area (Å²) < 4.78 is 14.1. The summed E-state index contributed by atoms with van der Waals surface area (Å²) in [7, 11) is 0. The van der Waals surface area contributed by atoms with Gasteiger partial charge in [-0.2, -0.15) is 0 Å². The largest absolute Gasteiger partial charge is 0.368 e. The van der Waals surface area contributed by atoms with Gasteiger partial charge in [-0.25, -0.2) is 9.18 Å². The van der Waals surface area contributed by atoms with E-state index < -0.39 is 11.7 Å². The average molecular weight is 484 g/mol. The van der Waals surface area contributed by atoms with Crippen LogP contribution in [0, 0.1) is 5.82 Å². The molecule has 4 amide bonds. The lowest BCUT2D eigenvalue weighted by atomic mass is 10.1. The quantitative estimate of drug-likeness (QED) is 0.631. The first-order valence-corrected chi connectivity index (χ1v) is 11.9. The van der Waals surface area contributed by atoms with Gasteiger partial charge in [0.15, 0.2) is 0 Å². The Labute approximate surface area is 206 Å². The minimum absolute atomic E-state index is 0.0402. The molecule has 188 valence electrons. The third-order valence-corrected chi connectivity index (χ3v) is 5.80. The van der Waals surface area contributed by atoms with Crippen LogP contribution < -0.4 is 15.5 Å². The van der Waals surface area contributed by atoms with Crippen molar-refractivity contribution in [1.82, 2.24) is 15.1 Å². The molecule has 9 heteroatoms. The van der Waals surface area contributed by atoms with Crippen LogP contribution in [0.2, 0.25) is 0 Å². The Bertz CT molecular complexity index is 1030. The first kappa shape index (κ1) is 26.0. The zero-order chi connectivity index (χ0) is 25.5. The van der Waals surface area contributed by atoms with Crippen LogP contribution in [0.1, 0.15) is 38.1 Å². The van der Waals surface area contributed by atoms with Crippen molar-refractivity contribution in [1.29, 1.82) is 0 Å². The molecular weight excluding hydrogens is 449 g/mol. The fourth-order valence-electron chi connectivity index (χ4n) is 3.90. The van der Waals surface area contributed by atoms with Crippen molar-refractivity contribution in [3.05, 3.63) is 59.9 Å². The lowest BCUT2D eigenvalue weighted by molar-refractivity contribution is -0.117. The molecule has 0 saturated carbocycles. The molecule has 1 fully saturated rings. The maximum absolute atomic E-state index is 14.1. The molecule has 1 aliphatic heterocycles. The van der Waals surface area contributed by atoms with E-state index in [0.29, 0.717) is 18.8 Å². The minimum atomic E-state index is -0.611. The van der Waals surface area contributed by atoms with Crippen LogP contribution in [-0.2, 0) is 4.79 Å². The number of piperazine rings is 1. The number of anilines is 2. The maximum atomic E-state index is 14.1. The summed E-state index contributed by atoms with van der Waals surface area (Å²) in [6, 6.07) is 13.0. The Morgan fingerprint density at radius 3 is 2.14 bits per heavy atom. The second kappa shape index (κ2) is 11.7. The van der Waals surface area contributed by atoms with E-state index in [1.165, 1.54) is 23.1 Å². The van der Waals surface area contributed by atoms with Gasteiger partial charge < -0.3 is 25.3 Å². The van der Waals surface area contributed by atoms with Crippen LogP contribution in [0.3, 0.4) is 0 Å². The smallest absolute Gasteiger partial charge is 0.317 e. The second-order valence-electron chi connectivity index (χ2n) is 9.18. The van der Waals surface area contributed by atoms with Gasteiger partial charge in [0.1, 0.15) is 12.4 Å². The Morgan fingerprint density at radius 2 is 1.57 bits per heavy atom. The van der Waals surface area contributed by atoms with Gasteiger partial charge in [0.2, 0.25) is 5.91 Å². The standard InChI is InChI=1S/C26H34FN5O3/c1-18(2)28-26(35)31-15-13-30(14-16-31)21-11-9-20(10-12-21)29-24(33)17-32(19(3)4)25(34)22-7-5-6-8-23(22)27/h5-12,18-19H,13-17H2,1-4H3,(H,28,35)(H,29,33). The number of rotatable bonds is 7. The van der Waals surface area contributed by atoms with Crippen LogP contribution in [0.15, 0.2) is 48.5 Å². The van der Waals surface area contributed by atoms with Gasteiger partial charge >= 0.3 is 6.03 Å². The van der Waals surface area contributed by atoms with E-state index in [9.17, 15) is 18.8 Å². The number of carbonyl (C=O) groups excluding carboxylic acids is 3. The summed E-state index contributed by atoms with van der Waals surface area (Å²) in [6.45, 7) is 9.98. The average Bonchev–Trinajstić information content (AvgIpc) is 2.82. The van der Waals surface area contributed by atoms with Crippen molar-refractivity contribution in [2.45, 2.75) is 39.8 Å². The number of nitrogens with one attached hydrogen (secondary N) is 2. The Kier molecular flexibility index (Phi) is 8.68. The van der Waals surface area contributed by atoms with Crippen molar-refractivity contribution >= 4 is 29.2 Å². The SMILES string of the molecule is CC(C)NC(=O)N1CCN(c2ccc(NC(=O)CN(C(=O)c3ccccc3F)C(C)C)cc2)CC1. The Morgan fingerprint density at radius 1 is 0.943 bits per heavy atom. The summed E-state index contributed by atoms with van der Waals surface area (Å²) in [5, 5.41) is 5.73. The number of benzene rings is 2. The Balaban J connectivity index is 1.55. The molecular formula is C26H34FN5O3. The first-order chi connectivity index (χ1) is 16.7. The zero-order valence-corrected chi connectivity index (χ0v) is 20.8. The number of nitrogens with zero attached hydrogens (tertiary/aromatic N) is 3. The fourth-order valence-corrected chi connectivity index (χ4v) is 3.90. The van der Waals surface area contributed by atoms with Gasteiger partial charge in [-0.05, 0) is 64.1 Å². The number of amides is 4. The van der Waals surface area contributed by atoms with Crippen LogP contribution in [-0.4, -0.2) is 72.5 Å². The molecule has 3 rings (SSSR count). The number of hydrogen-bond donors (Lipinski definition) is 2. The molecule has 1 heterocycles. The fraction of sp³-hybridized carbons (Fsp3) is 0.423. The van der Waals surface area contributed by atoms with Gasteiger partial charge in [-0.1, -0.05) is 12.1 Å². The first-order valence-electron chi connectivity index (χ1n) is 11.9. The van der Waals surface area contributed by atoms with E-state index in [2.05, 4.69) is 15.5 Å². The highest BCUT2D eigenvalue weighted by molar-refractivity contribution is 5.99. The lowest BCUT2D eigenvalue weighted by Gasteiger charge is -2.36. The summed E-state index contributed by atoms with van der Waals surface area (Å²) >= 11 is 0. The predicted molar refractivity (Wildman–Crippen MR) is 135 cm³/mol. The van der Waals surface area contributed by atoms with E-state index in [-0.39, 0.29) is 36.1 Å². The summed E-state index contributed by atoms with van der Waals surface area (Å²) in [4.78, 5) is 43.0. The number of hydrogen-bond acceptors (Lipinski definition) is 4. The monoisotopic (exact) mass is 483 g/mol. The molecule has 1 saturated heterocycles. The maximum Gasteiger partial charge on any atom is 0.317 e.